The van der Waals surface area contributed by atoms with Gasteiger partial charge in [0.2, 0.25) is 0 Å². The van der Waals surface area contributed by atoms with Crippen molar-refractivity contribution in [2.24, 2.45) is 5.41 Å². The van der Waals surface area contributed by atoms with E-state index >= 15 is 0 Å². The lowest BCUT2D eigenvalue weighted by atomic mass is 9.71. The highest BCUT2D eigenvalue weighted by molar-refractivity contribution is 5.53. The summed E-state index contributed by atoms with van der Waals surface area (Å²) in [6, 6.07) is 10.9. The van der Waals surface area contributed by atoms with Crippen LogP contribution in [0.1, 0.15) is 18.4 Å². The number of para-hydroxylation sites is 1. The molecule has 0 saturated carbocycles. The topological polar surface area (TPSA) is 39.1 Å². The number of rotatable bonds is 1. The van der Waals surface area contributed by atoms with Gasteiger partial charge in [0, 0.05) is 12.2 Å². The van der Waals surface area contributed by atoms with Gasteiger partial charge in [-0.05, 0) is 49.4 Å². The van der Waals surface area contributed by atoms with Crippen molar-refractivity contribution in [2.45, 2.75) is 19.3 Å². The van der Waals surface area contributed by atoms with Crippen molar-refractivity contribution < 1.29 is 0 Å². The van der Waals surface area contributed by atoms with E-state index in [1.165, 1.54) is 30.5 Å². The van der Waals surface area contributed by atoms with Crippen LogP contribution >= 0.6 is 0 Å². The number of benzene rings is 1. The highest BCUT2D eigenvalue weighted by Crippen LogP contribution is 2.40. The van der Waals surface area contributed by atoms with E-state index < -0.39 is 0 Å². The molecule has 0 radical (unpaired) electrons. The molecule has 0 unspecified atom stereocenters. The molecule has 3 rings (SSSR count). The van der Waals surface area contributed by atoms with Crippen LogP contribution < -0.4 is 5.32 Å². The van der Waals surface area contributed by atoms with Crippen molar-refractivity contribution in [1.82, 2.24) is 4.90 Å². The molecule has 0 amide bonds. The van der Waals surface area contributed by atoms with Crippen LogP contribution in [-0.4, -0.2) is 31.1 Å². The molecule has 0 bridgehead atoms. The molecule has 94 valence electrons. The molecular weight excluding hydrogens is 222 g/mol. The van der Waals surface area contributed by atoms with Gasteiger partial charge >= 0.3 is 0 Å². The average molecular weight is 241 g/mol. The number of nitriles is 1. The Morgan fingerprint density at radius 3 is 2.83 bits per heavy atom. The molecule has 2 aliphatic rings. The zero-order chi connectivity index (χ0) is 12.4. The number of nitrogens with zero attached hydrogens (tertiary/aromatic N) is 2. The maximum Gasteiger partial charge on any atom is 0.0865 e. The van der Waals surface area contributed by atoms with Crippen molar-refractivity contribution in [3.8, 4) is 6.07 Å². The SMILES string of the molecule is N#CCN1CCC2(CC1)CNc1ccccc1C2. The quantitative estimate of drug-likeness (QED) is 0.767. The van der Waals surface area contributed by atoms with Crippen LogP contribution in [-0.2, 0) is 6.42 Å². The van der Waals surface area contributed by atoms with Crippen LogP contribution in [0.3, 0.4) is 0 Å². The predicted octanol–water partition coefficient (Wildman–Crippen LogP) is 2.26. The van der Waals surface area contributed by atoms with Crippen LogP contribution in [0.4, 0.5) is 5.69 Å². The third-order valence-corrected chi connectivity index (χ3v) is 4.45. The van der Waals surface area contributed by atoms with E-state index in [4.69, 9.17) is 5.26 Å². The first-order valence-corrected chi connectivity index (χ1v) is 6.72. The fraction of sp³-hybridized carbons (Fsp3) is 0.533. The molecule has 2 aliphatic heterocycles. The molecule has 1 saturated heterocycles. The number of anilines is 1. The molecule has 1 aromatic rings. The van der Waals surface area contributed by atoms with Crippen LogP contribution in [0, 0.1) is 16.7 Å². The van der Waals surface area contributed by atoms with Gasteiger partial charge in [0.05, 0.1) is 12.6 Å². The molecule has 1 aromatic carbocycles. The second-order valence-electron chi connectivity index (χ2n) is 5.62. The molecule has 3 nitrogen and oxygen atoms in total. The second kappa shape index (κ2) is 4.62. The van der Waals surface area contributed by atoms with E-state index in [9.17, 15) is 0 Å². The van der Waals surface area contributed by atoms with E-state index in [-0.39, 0.29) is 0 Å². The summed E-state index contributed by atoms with van der Waals surface area (Å²) in [6.45, 7) is 3.80. The number of likely N-dealkylation sites (tertiary alicyclic amines) is 1. The molecule has 3 heteroatoms. The van der Waals surface area contributed by atoms with E-state index in [1.807, 2.05) is 0 Å². The highest BCUT2D eigenvalue weighted by Gasteiger charge is 2.37. The molecule has 1 fully saturated rings. The molecule has 1 N–H and O–H groups in total. The van der Waals surface area contributed by atoms with Crippen LogP contribution in [0.2, 0.25) is 0 Å². The van der Waals surface area contributed by atoms with E-state index in [0.29, 0.717) is 12.0 Å². The summed E-state index contributed by atoms with van der Waals surface area (Å²) >= 11 is 0. The standard InChI is InChI=1S/C15H19N3/c16-7-10-18-8-5-15(6-9-18)11-13-3-1-2-4-14(13)17-12-15/h1-4,17H,5-6,8-12H2. The van der Waals surface area contributed by atoms with E-state index in [2.05, 4.69) is 40.6 Å². The van der Waals surface area contributed by atoms with Gasteiger partial charge in [-0.2, -0.15) is 5.26 Å². The van der Waals surface area contributed by atoms with Gasteiger partial charge in [0.25, 0.3) is 0 Å². The lowest BCUT2D eigenvalue weighted by Gasteiger charge is -2.44. The first-order chi connectivity index (χ1) is 8.81. The number of hydrogen-bond acceptors (Lipinski definition) is 3. The maximum atomic E-state index is 8.75. The Morgan fingerprint density at radius 1 is 1.28 bits per heavy atom. The molecule has 0 atom stereocenters. The Kier molecular flexibility index (Phi) is 2.97. The number of hydrogen-bond donors (Lipinski definition) is 1. The largest absolute Gasteiger partial charge is 0.384 e. The van der Waals surface area contributed by atoms with Crippen LogP contribution in [0.5, 0.6) is 0 Å². The lowest BCUT2D eigenvalue weighted by molar-refractivity contribution is 0.121. The molecule has 0 aliphatic carbocycles. The zero-order valence-electron chi connectivity index (χ0n) is 10.7. The third-order valence-electron chi connectivity index (χ3n) is 4.45. The minimum Gasteiger partial charge on any atom is -0.384 e. The van der Waals surface area contributed by atoms with Gasteiger partial charge < -0.3 is 5.32 Å². The first kappa shape index (κ1) is 11.6. The normalized spacial score (nSPS) is 21.9. The van der Waals surface area contributed by atoms with Crippen molar-refractivity contribution in [3.05, 3.63) is 29.8 Å². The summed E-state index contributed by atoms with van der Waals surface area (Å²) in [4.78, 5) is 2.27. The maximum absolute atomic E-state index is 8.75. The highest BCUT2D eigenvalue weighted by atomic mass is 15.1. The van der Waals surface area contributed by atoms with E-state index in [1.54, 1.807) is 0 Å². The molecular formula is C15H19N3. The molecule has 18 heavy (non-hydrogen) atoms. The van der Waals surface area contributed by atoms with Gasteiger partial charge in [-0.15, -0.1) is 0 Å². The molecule has 1 spiro atoms. The lowest BCUT2D eigenvalue weighted by Crippen LogP contribution is -2.46. The minimum atomic E-state index is 0.417. The number of nitrogens with one attached hydrogen (secondary N) is 1. The van der Waals surface area contributed by atoms with Crippen molar-refractivity contribution >= 4 is 5.69 Å². The predicted molar refractivity (Wildman–Crippen MR) is 72.4 cm³/mol. The fourth-order valence-corrected chi connectivity index (χ4v) is 3.24. The molecule has 2 heterocycles. The fourth-order valence-electron chi connectivity index (χ4n) is 3.24. The minimum absolute atomic E-state index is 0.417. The van der Waals surface area contributed by atoms with Gasteiger partial charge in [-0.25, -0.2) is 0 Å². The third kappa shape index (κ3) is 2.09. The van der Waals surface area contributed by atoms with Crippen LogP contribution in [0.15, 0.2) is 24.3 Å². The zero-order valence-corrected chi connectivity index (χ0v) is 10.7. The van der Waals surface area contributed by atoms with Crippen LogP contribution in [0.25, 0.3) is 0 Å². The Morgan fingerprint density at radius 2 is 2.06 bits per heavy atom. The number of fused-ring (bicyclic) bond motifs is 1. The van der Waals surface area contributed by atoms with Crippen molar-refractivity contribution in [2.75, 3.05) is 31.5 Å². The Bertz CT molecular complexity index is 467. The summed E-state index contributed by atoms with van der Waals surface area (Å²) < 4.78 is 0. The Labute approximate surface area is 108 Å². The van der Waals surface area contributed by atoms with Gasteiger partial charge in [-0.1, -0.05) is 18.2 Å². The summed E-state index contributed by atoms with van der Waals surface area (Å²) in [5, 5.41) is 12.3. The van der Waals surface area contributed by atoms with Gasteiger partial charge in [0.15, 0.2) is 0 Å². The Hall–Kier alpha value is -1.53. The van der Waals surface area contributed by atoms with E-state index in [0.717, 1.165) is 19.6 Å². The summed E-state index contributed by atoms with van der Waals surface area (Å²) in [5.41, 5.74) is 3.18. The summed E-state index contributed by atoms with van der Waals surface area (Å²) in [7, 11) is 0. The van der Waals surface area contributed by atoms with Gasteiger partial charge in [0.1, 0.15) is 0 Å². The smallest absolute Gasteiger partial charge is 0.0865 e. The number of piperidine rings is 1. The van der Waals surface area contributed by atoms with Crippen molar-refractivity contribution in [1.29, 1.82) is 5.26 Å². The Balaban J connectivity index is 1.71. The first-order valence-electron chi connectivity index (χ1n) is 6.72. The second-order valence-corrected chi connectivity index (χ2v) is 5.62. The monoisotopic (exact) mass is 241 g/mol. The summed E-state index contributed by atoms with van der Waals surface area (Å²) in [6.07, 6.45) is 3.60. The summed E-state index contributed by atoms with van der Waals surface area (Å²) in [5.74, 6) is 0. The van der Waals surface area contributed by atoms with Gasteiger partial charge in [-0.3, -0.25) is 4.90 Å². The average Bonchev–Trinajstić information content (AvgIpc) is 2.42. The molecule has 0 aromatic heterocycles. The van der Waals surface area contributed by atoms with Crippen molar-refractivity contribution in [3.63, 3.8) is 0 Å².